The molecular formula is C20H34Cl2N2O4. The number of ether oxygens (including phenoxy) is 3. The number of benzene rings is 1. The van der Waals surface area contributed by atoms with Gasteiger partial charge < -0.3 is 19.1 Å². The Morgan fingerprint density at radius 1 is 0.964 bits per heavy atom. The van der Waals surface area contributed by atoms with Gasteiger partial charge in [0.05, 0.1) is 19.6 Å². The molecule has 0 radical (unpaired) electrons. The molecule has 0 spiro atoms. The van der Waals surface area contributed by atoms with E-state index in [0.717, 1.165) is 38.3 Å². The molecule has 1 fully saturated rings. The third-order valence-corrected chi connectivity index (χ3v) is 4.69. The van der Waals surface area contributed by atoms with Crippen molar-refractivity contribution in [3.63, 3.8) is 0 Å². The van der Waals surface area contributed by atoms with Crippen LogP contribution in [-0.2, 0) is 11.3 Å². The normalized spacial score (nSPS) is 15.2. The van der Waals surface area contributed by atoms with Crippen LogP contribution in [0.1, 0.15) is 33.3 Å². The standard InChI is InChI=1S/C20H32N2O4.2ClH/c1-7-21-10-12-22(13-11-21)14-15-8-9-16(24-5)18(25-6)17(15)26-19(23)20(2,3)4;;/h8-9H,7,10-14H2,1-6H3;2*1H. The Bertz CT molecular complexity index is 627. The summed E-state index contributed by atoms with van der Waals surface area (Å²) in [5.74, 6) is 1.20. The van der Waals surface area contributed by atoms with Crippen LogP contribution in [0.5, 0.6) is 17.2 Å². The first-order chi connectivity index (χ1) is 12.3. The van der Waals surface area contributed by atoms with Crippen molar-refractivity contribution in [1.82, 2.24) is 9.80 Å². The molecular weight excluding hydrogens is 403 g/mol. The zero-order chi connectivity index (χ0) is 19.3. The largest absolute Gasteiger partial charge is 0.493 e. The molecule has 6 nitrogen and oxygen atoms in total. The second-order valence-corrected chi connectivity index (χ2v) is 7.64. The molecule has 0 bridgehead atoms. The third-order valence-electron chi connectivity index (χ3n) is 4.69. The fraction of sp³-hybridized carbons (Fsp3) is 0.650. The fourth-order valence-corrected chi connectivity index (χ4v) is 2.93. The maximum absolute atomic E-state index is 12.5. The molecule has 0 aromatic heterocycles. The van der Waals surface area contributed by atoms with Gasteiger partial charge >= 0.3 is 5.97 Å². The SMILES string of the molecule is CCN1CCN(Cc2ccc(OC)c(OC)c2OC(=O)C(C)(C)C)CC1.Cl.Cl. The number of esters is 1. The number of likely N-dealkylation sites (N-methyl/N-ethyl adjacent to an activating group) is 1. The zero-order valence-corrected chi connectivity index (χ0v) is 19.4. The van der Waals surface area contributed by atoms with Crippen molar-refractivity contribution in [2.75, 3.05) is 46.9 Å². The Morgan fingerprint density at radius 2 is 1.54 bits per heavy atom. The van der Waals surface area contributed by atoms with Crippen LogP contribution in [0.4, 0.5) is 0 Å². The van der Waals surface area contributed by atoms with E-state index in [1.54, 1.807) is 14.2 Å². The van der Waals surface area contributed by atoms with Crippen LogP contribution in [0.2, 0.25) is 0 Å². The molecule has 0 N–H and O–H groups in total. The molecule has 1 heterocycles. The maximum atomic E-state index is 12.5. The highest BCUT2D eigenvalue weighted by Gasteiger charge is 2.28. The van der Waals surface area contributed by atoms with E-state index in [-0.39, 0.29) is 30.8 Å². The van der Waals surface area contributed by atoms with Gasteiger partial charge in [-0.05, 0) is 33.4 Å². The summed E-state index contributed by atoms with van der Waals surface area (Å²) in [7, 11) is 3.15. The summed E-state index contributed by atoms with van der Waals surface area (Å²) >= 11 is 0. The molecule has 1 aliphatic rings. The molecule has 0 atom stereocenters. The number of methoxy groups -OCH3 is 2. The van der Waals surface area contributed by atoms with Crippen molar-refractivity contribution in [3.05, 3.63) is 17.7 Å². The van der Waals surface area contributed by atoms with Gasteiger partial charge in [0.15, 0.2) is 11.5 Å². The van der Waals surface area contributed by atoms with E-state index in [1.807, 2.05) is 32.9 Å². The Hall–Kier alpha value is -1.21. The first kappa shape index (κ1) is 26.8. The summed E-state index contributed by atoms with van der Waals surface area (Å²) in [4.78, 5) is 17.3. The second-order valence-electron chi connectivity index (χ2n) is 7.64. The van der Waals surface area contributed by atoms with E-state index in [2.05, 4.69) is 16.7 Å². The molecule has 2 rings (SSSR count). The van der Waals surface area contributed by atoms with Crippen molar-refractivity contribution in [2.45, 2.75) is 34.2 Å². The second kappa shape index (κ2) is 11.7. The van der Waals surface area contributed by atoms with Crippen molar-refractivity contribution < 1.29 is 19.0 Å². The monoisotopic (exact) mass is 436 g/mol. The fourth-order valence-electron chi connectivity index (χ4n) is 2.93. The van der Waals surface area contributed by atoms with Crippen LogP contribution in [0.3, 0.4) is 0 Å². The third kappa shape index (κ3) is 6.69. The number of rotatable bonds is 6. The lowest BCUT2D eigenvalue weighted by atomic mass is 9.97. The molecule has 28 heavy (non-hydrogen) atoms. The predicted molar refractivity (Wildman–Crippen MR) is 117 cm³/mol. The highest BCUT2D eigenvalue weighted by molar-refractivity contribution is 5.85. The summed E-state index contributed by atoms with van der Waals surface area (Å²) in [6.45, 7) is 13.6. The Kier molecular flexibility index (Phi) is 11.2. The summed E-state index contributed by atoms with van der Waals surface area (Å²) < 4.78 is 16.7. The average Bonchev–Trinajstić information content (AvgIpc) is 2.62. The van der Waals surface area contributed by atoms with E-state index in [1.165, 1.54) is 0 Å². The van der Waals surface area contributed by atoms with Gasteiger partial charge in [-0.15, -0.1) is 24.8 Å². The number of hydrogen-bond acceptors (Lipinski definition) is 6. The van der Waals surface area contributed by atoms with Crippen LogP contribution in [-0.4, -0.2) is 62.7 Å². The molecule has 1 saturated heterocycles. The van der Waals surface area contributed by atoms with Gasteiger partial charge in [-0.3, -0.25) is 9.69 Å². The van der Waals surface area contributed by atoms with Gasteiger partial charge in [0, 0.05) is 38.3 Å². The highest BCUT2D eigenvalue weighted by atomic mass is 35.5. The number of carbonyl (C=O) groups is 1. The summed E-state index contributed by atoms with van der Waals surface area (Å²) in [6, 6.07) is 3.82. The Morgan fingerprint density at radius 3 is 2.00 bits per heavy atom. The van der Waals surface area contributed by atoms with Crippen molar-refractivity contribution in [2.24, 2.45) is 5.41 Å². The Balaban J connectivity index is 0.00000364. The molecule has 0 amide bonds. The van der Waals surface area contributed by atoms with E-state index >= 15 is 0 Å². The van der Waals surface area contributed by atoms with Gasteiger partial charge in [0.2, 0.25) is 5.75 Å². The molecule has 0 saturated carbocycles. The van der Waals surface area contributed by atoms with Gasteiger partial charge in [0.25, 0.3) is 0 Å². The summed E-state index contributed by atoms with van der Waals surface area (Å²) in [5.41, 5.74) is 0.336. The van der Waals surface area contributed by atoms with Crippen molar-refractivity contribution in [1.29, 1.82) is 0 Å². The van der Waals surface area contributed by atoms with E-state index < -0.39 is 5.41 Å². The summed E-state index contributed by atoms with van der Waals surface area (Å²) in [6.07, 6.45) is 0. The lowest BCUT2D eigenvalue weighted by Crippen LogP contribution is -2.45. The minimum Gasteiger partial charge on any atom is -0.493 e. The first-order valence-corrected chi connectivity index (χ1v) is 9.21. The van der Waals surface area contributed by atoms with Gasteiger partial charge in [-0.1, -0.05) is 13.0 Å². The van der Waals surface area contributed by atoms with Gasteiger partial charge in [-0.25, -0.2) is 0 Å². The minimum absolute atomic E-state index is 0. The van der Waals surface area contributed by atoms with Crippen LogP contribution in [0.25, 0.3) is 0 Å². The molecule has 0 unspecified atom stereocenters. The average molecular weight is 437 g/mol. The maximum Gasteiger partial charge on any atom is 0.316 e. The molecule has 1 aliphatic heterocycles. The van der Waals surface area contributed by atoms with Crippen molar-refractivity contribution in [3.8, 4) is 17.2 Å². The number of halogens is 2. The van der Waals surface area contributed by atoms with Crippen LogP contribution in [0.15, 0.2) is 12.1 Å². The summed E-state index contributed by atoms with van der Waals surface area (Å²) in [5, 5.41) is 0. The van der Waals surface area contributed by atoms with Crippen LogP contribution < -0.4 is 14.2 Å². The lowest BCUT2D eigenvalue weighted by molar-refractivity contribution is -0.143. The number of carbonyl (C=O) groups excluding carboxylic acids is 1. The quantitative estimate of drug-likeness (QED) is 0.501. The molecule has 1 aromatic rings. The van der Waals surface area contributed by atoms with E-state index in [9.17, 15) is 4.79 Å². The molecule has 1 aromatic carbocycles. The number of piperazine rings is 1. The smallest absolute Gasteiger partial charge is 0.316 e. The van der Waals surface area contributed by atoms with Crippen LogP contribution in [0, 0.1) is 5.41 Å². The van der Waals surface area contributed by atoms with Gasteiger partial charge in [-0.2, -0.15) is 0 Å². The Labute approximate surface area is 181 Å². The zero-order valence-electron chi connectivity index (χ0n) is 17.7. The van der Waals surface area contributed by atoms with Crippen molar-refractivity contribution >= 4 is 30.8 Å². The van der Waals surface area contributed by atoms with E-state index in [4.69, 9.17) is 14.2 Å². The first-order valence-electron chi connectivity index (χ1n) is 9.21. The topological polar surface area (TPSA) is 51.2 Å². The van der Waals surface area contributed by atoms with Crippen LogP contribution >= 0.6 is 24.8 Å². The van der Waals surface area contributed by atoms with Gasteiger partial charge in [0.1, 0.15) is 0 Å². The predicted octanol–water partition coefficient (Wildman–Crippen LogP) is 3.64. The van der Waals surface area contributed by atoms with E-state index in [0.29, 0.717) is 23.8 Å². The highest BCUT2D eigenvalue weighted by Crippen LogP contribution is 2.41. The minimum atomic E-state index is -0.599. The lowest BCUT2D eigenvalue weighted by Gasteiger charge is -2.34. The molecule has 0 aliphatic carbocycles. The molecule has 162 valence electrons. The molecule has 8 heteroatoms. The number of nitrogens with zero attached hydrogens (tertiary/aromatic N) is 2. The number of hydrogen-bond donors (Lipinski definition) is 0.